The lowest BCUT2D eigenvalue weighted by atomic mass is 10.1. The van der Waals surface area contributed by atoms with E-state index in [-0.39, 0.29) is 0 Å². The minimum Gasteiger partial charge on any atom is -0.489 e. The van der Waals surface area contributed by atoms with Gasteiger partial charge in [0.25, 0.3) is 0 Å². The molecule has 2 aromatic carbocycles. The number of fused-ring (bicyclic) bond motifs is 1. The molecule has 0 atom stereocenters. The fourth-order valence-corrected chi connectivity index (χ4v) is 3.73. The van der Waals surface area contributed by atoms with Gasteiger partial charge >= 0.3 is 0 Å². The molecule has 1 N–H and O–H groups in total. The highest BCUT2D eigenvalue weighted by Gasteiger charge is 2.14. The van der Waals surface area contributed by atoms with Crippen LogP contribution in [-0.4, -0.2) is 39.7 Å². The number of ether oxygens (including phenoxy) is 1. The first-order valence-electron chi connectivity index (χ1n) is 10.1. The molecule has 0 fully saturated rings. The standard InChI is InChI=1S/C22H22N8O/c1-3-19-24-21-22(29(2)14-23-21)30(19)12-15-8-10-17(11-9-15)31-13-16-6-4-5-7-18(16)20-25-27-28-26-20/h4-11,14H,3,12-13H2,1-2H3,(H,25,26,27,28). The molecule has 0 amide bonds. The van der Waals surface area contributed by atoms with Crippen molar-refractivity contribution in [2.24, 2.45) is 7.05 Å². The number of H-pyrrole nitrogens is 1. The van der Waals surface area contributed by atoms with E-state index >= 15 is 0 Å². The summed E-state index contributed by atoms with van der Waals surface area (Å²) in [5.74, 6) is 2.47. The first-order valence-corrected chi connectivity index (χ1v) is 10.1. The molecule has 31 heavy (non-hydrogen) atoms. The van der Waals surface area contributed by atoms with Crippen LogP contribution in [0.25, 0.3) is 22.7 Å². The molecule has 3 aromatic heterocycles. The first-order chi connectivity index (χ1) is 15.2. The van der Waals surface area contributed by atoms with E-state index in [0.29, 0.717) is 12.4 Å². The summed E-state index contributed by atoms with van der Waals surface area (Å²) in [5, 5.41) is 14.1. The lowest BCUT2D eigenvalue weighted by Crippen LogP contribution is -2.07. The lowest BCUT2D eigenvalue weighted by molar-refractivity contribution is 0.306. The van der Waals surface area contributed by atoms with Crippen molar-refractivity contribution in [2.45, 2.75) is 26.5 Å². The molecule has 0 saturated carbocycles. The summed E-state index contributed by atoms with van der Waals surface area (Å²) in [6, 6.07) is 16.1. The van der Waals surface area contributed by atoms with Crippen LogP contribution in [0.3, 0.4) is 0 Å². The lowest BCUT2D eigenvalue weighted by Gasteiger charge is -2.11. The van der Waals surface area contributed by atoms with Crippen LogP contribution in [0.1, 0.15) is 23.9 Å². The molecule has 0 spiro atoms. The van der Waals surface area contributed by atoms with Gasteiger partial charge in [0.05, 0.1) is 12.9 Å². The quantitative estimate of drug-likeness (QED) is 0.439. The van der Waals surface area contributed by atoms with Crippen molar-refractivity contribution in [3.63, 3.8) is 0 Å². The van der Waals surface area contributed by atoms with Crippen LogP contribution < -0.4 is 4.74 Å². The molecule has 0 bridgehead atoms. The molecule has 0 aliphatic carbocycles. The molecule has 5 rings (SSSR count). The van der Waals surface area contributed by atoms with Gasteiger partial charge in [0.2, 0.25) is 0 Å². The normalized spacial score (nSPS) is 11.3. The Morgan fingerprint density at radius 2 is 1.90 bits per heavy atom. The maximum atomic E-state index is 6.03. The Morgan fingerprint density at radius 1 is 1.06 bits per heavy atom. The molecule has 9 heteroatoms. The molecule has 156 valence electrons. The van der Waals surface area contributed by atoms with Gasteiger partial charge in [-0.25, -0.2) is 15.1 Å². The second-order valence-corrected chi connectivity index (χ2v) is 7.31. The van der Waals surface area contributed by atoms with E-state index in [9.17, 15) is 0 Å². The van der Waals surface area contributed by atoms with Crippen molar-refractivity contribution < 1.29 is 4.74 Å². The molecule has 0 aliphatic heterocycles. The molecule has 9 nitrogen and oxygen atoms in total. The van der Waals surface area contributed by atoms with Gasteiger partial charge < -0.3 is 13.9 Å². The van der Waals surface area contributed by atoms with Gasteiger partial charge in [-0.05, 0) is 28.1 Å². The van der Waals surface area contributed by atoms with Crippen molar-refractivity contribution >= 4 is 11.3 Å². The third-order valence-electron chi connectivity index (χ3n) is 5.28. The summed E-state index contributed by atoms with van der Waals surface area (Å²) in [6.45, 7) is 3.27. The molecule has 0 radical (unpaired) electrons. The predicted octanol–water partition coefficient (Wildman–Crippen LogP) is 3.14. The molecule has 0 unspecified atom stereocenters. The number of nitrogens with zero attached hydrogens (tertiary/aromatic N) is 7. The smallest absolute Gasteiger partial charge is 0.197 e. The van der Waals surface area contributed by atoms with Crippen LogP contribution >= 0.6 is 0 Å². The zero-order chi connectivity index (χ0) is 21.2. The van der Waals surface area contributed by atoms with Crippen LogP contribution in [-0.2, 0) is 26.6 Å². The zero-order valence-corrected chi connectivity index (χ0v) is 17.4. The number of tetrazole rings is 1. The Bertz CT molecular complexity index is 1300. The Morgan fingerprint density at radius 3 is 2.68 bits per heavy atom. The molecule has 5 aromatic rings. The van der Waals surface area contributed by atoms with Gasteiger partial charge in [-0.1, -0.05) is 43.3 Å². The summed E-state index contributed by atoms with van der Waals surface area (Å²) in [4.78, 5) is 9.03. The van der Waals surface area contributed by atoms with Crippen molar-refractivity contribution in [3.05, 3.63) is 71.8 Å². The number of aromatic amines is 1. The number of hydrogen-bond donors (Lipinski definition) is 1. The average Bonchev–Trinajstić information content (AvgIpc) is 3.53. The number of rotatable bonds is 7. The number of aromatic nitrogens is 8. The molecular formula is C22H22N8O. The van der Waals surface area contributed by atoms with Gasteiger partial charge in [0.15, 0.2) is 17.1 Å². The number of hydrogen-bond acceptors (Lipinski definition) is 6. The maximum absolute atomic E-state index is 6.03. The molecule has 3 heterocycles. The minimum atomic E-state index is 0.424. The third kappa shape index (κ3) is 3.65. The Labute approximate surface area is 178 Å². The number of imidazole rings is 2. The number of aryl methyl sites for hydroxylation is 2. The van der Waals surface area contributed by atoms with Gasteiger partial charge in [0.1, 0.15) is 18.2 Å². The van der Waals surface area contributed by atoms with Crippen LogP contribution in [0.15, 0.2) is 54.9 Å². The summed E-state index contributed by atoms with van der Waals surface area (Å²) in [5.41, 5.74) is 4.94. The van der Waals surface area contributed by atoms with E-state index in [2.05, 4.69) is 54.2 Å². The molecule has 0 aliphatic rings. The van der Waals surface area contributed by atoms with Crippen LogP contribution in [0.2, 0.25) is 0 Å². The minimum absolute atomic E-state index is 0.424. The van der Waals surface area contributed by atoms with E-state index in [1.807, 2.05) is 48.0 Å². The Hall–Kier alpha value is -4.01. The summed E-state index contributed by atoms with van der Waals surface area (Å²) >= 11 is 0. The highest BCUT2D eigenvalue weighted by molar-refractivity contribution is 5.68. The van der Waals surface area contributed by atoms with Crippen molar-refractivity contribution in [1.82, 2.24) is 39.7 Å². The second kappa shape index (κ2) is 8.02. The van der Waals surface area contributed by atoms with Gasteiger partial charge in [-0.2, -0.15) is 0 Å². The average molecular weight is 414 g/mol. The number of nitrogens with one attached hydrogen (secondary N) is 1. The van der Waals surface area contributed by atoms with Gasteiger partial charge in [-0.15, -0.1) is 5.10 Å². The van der Waals surface area contributed by atoms with Crippen LogP contribution in [0, 0.1) is 0 Å². The Kier molecular flexibility index (Phi) is 4.91. The Balaban J connectivity index is 1.32. The van der Waals surface area contributed by atoms with Gasteiger partial charge in [-0.3, -0.25) is 0 Å². The van der Waals surface area contributed by atoms with E-state index in [1.165, 1.54) is 5.56 Å². The first kappa shape index (κ1) is 19.0. The van der Waals surface area contributed by atoms with Gasteiger partial charge in [0, 0.05) is 24.6 Å². The van der Waals surface area contributed by atoms with Crippen LogP contribution in [0.5, 0.6) is 5.75 Å². The number of benzene rings is 2. The van der Waals surface area contributed by atoms with Crippen molar-refractivity contribution in [2.75, 3.05) is 0 Å². The predicted molar refractivity (Wildman–Crippen MR) is 115 cm³/mol. The van der Waals surface area contributed by atoms with Crippen molar-refractivity contribution in [3.8, 4) is 17.1 Å². The van der Waals surface area contributed by atoms with E-state index in [4.69, 9.17) is 4.74 Å². The van der Waals surface area contributed by atoms with E-state index in [1.54, 1.807) is 6.33 Å². The van der Waals surface area contributed by atoms with E-state index in [0.717, 1.165) is 47.0 Å². The summed E-state index contributed by atoms with van der Waals surface area (Å²) in [6.07, 6.45) is 2.66. The van der Waals surface area contributed by atoms with E-state index < -0.39 is 0 Å². The third-order valence-corrected chi connectivity index (χ3v) is 5.28. The maximum Gasteiger partial charge on any atom is 0.197 e. The zero-order valence-electron chi connectivity index (χ0n) is 17.4. The fourth-order valence-electron chi connectivity index (χ4n) is 3.73. The topological polar surface area (TPSA) is 99.3 Å². The monoisotopic (exact) mass is 414 g/mol. The SMILES string of the molecule is CCc1nc2ncn(C)c2n1Cc1ccc(OCc2ccccc2-c2nnn[nH]2)cc1. The fraction of sp³-hybridized carbons (Fsp3) is 0.227. The highest BCUT2D eigenvalue weighted by atomic mass is 16.5. The van der Waals surface area contributed by atoms with Crippen LogP contribution in [0.4, 0.5) is 0 Å². The molecule has 0 saturated heterocycles. The molecular weight excluding hydrogens is 392 g/mol. The summed E-state index contributed by atoms with van der Waals surface area (Å²) in [7, 11) is 2.00. The van der Waals surface area contributed by atoms with Crippen molar-refractivity contribution in [1.29, 1.82) is 0 Å². The second-order valence-electron chi connectivity index (χ2n) is 7.31. The largest absolute Gasteiger partial charge is 0.489 e. The summed E-state index contributed by atoms with van der Waals surface area (Å²) < 4.78 is 10.3. The highest BCUT2D eigenvalue weighted by Crippen LogP contribution is 2.22.